The molecule has 5 nitrogen and oxygen atoms in total. The van der Waals surface area contributed by atoms with Gasteiger partial charge in [0.2, 0.25) is 5.91 Å². The van der Waals surface area contributed by atoms with Gasteiger partial charge in [-0.25, -0.2) is 0 Å². The van der Waals surface area contributed by atoms with Gasteiger partial charge in [-0.2, -0.15) is 0 Å². The third kappa shape index (κ3) is 5.71. The highest BCUT2D eigenvalue weighted by molar-refractivity contribution is 8.00. The molecule has 0 fully saturated rings. The van der Waals surface area contributed by atoms with E-state index in [2.05, 4.69) is 10.6 Å². The van der Waals surface area contributed by atoms with Gasteiger partial charge < -0.3 is 15.4 Å². The molecule has 0 saturated heterocycles. The summed E-state index contributed by atoms with van der Waals surface area (Å²) in [5.41, 5.74) is 1.76. The van der Waals surface area contributed by atoms with Gasteiger partial charge in [-0.1, -0.05) is 48.0 Å². The Labute approximate surface area is 207 Å². The van der Waals surface area contributed by atoms with Crippen LogP contribution in [0.4, 0.5) is 11.4 Å². The van der Waals surface area contributed by atoms with E-state index in [1.807, 2.05) is 73.7 Å². The molecule has 0 spiro atoms. The molecule has 0 bridgehead atoms. The number of thioether (sulfide) groups is 1. The van der Waals surface area contributed by atoms with E-state index in [0.29, 0.717) is 27.7 Å². The number of hydrogen-bond donors (Lipinski definition) is 2. The maximum Gasteiger partial charge on any atom is 0.255 e. The molecule has 2 amide bonds. The lowest BCUT2D eigenvalue weighted by molar-refractivity contribution is -0.115. The molecule has 0 heterocycles. The number of amides is 2. The van der Waals surface area contributed by atoms with Crippen LogP contribution in [0.2, 0.25) is 5.02 Å². The van der Waals surface area contributed by atoms with E-state index >= 15 is 0 Å². The fourth-order valence-corrected chi connectivity index (χ4v) is 4.55. The number of halogens is 1. The van der Waals surface area contributed by atoms with E-state index < -0.39 is 5.25 Å². The van der Waals surface area contributed by atoms with Gasteiger partial charge in [0.1, 0.15) is 5.75 Å². The van der Waals surface area contributed by atoms with Gasteiger partial charge in [-0.05, 0) is 66.2 Å². The minimum atomic E-state index is -0.393. The second-order valence-electron chi connectivity index (χ2n) is 7.64. The summed E-state index contributed by atoms with van der Waals surface area (Å²) in [5.74, 6) is 0.163. The van der Waals surface area contributed by atoms with Crippen molar-refractivity contribution in [3.05, 3.63) is 95.5 Å². The van der Waals surface area contributed by atoms with Crippen molar-refractivity contribution in [1.82, 2.24) is 0 Å². The van der Waals surface area contributed by atoms with E-state index in [1.54, 1.807) is 18.2 Å². The van der Waals surface area contributed by atoms with Crippen molar-refractivity contribution in [3.8, 4) is 5.75 Å². The first-order valence-electron chi connectivity index (χ1n) is 10.6. The predicted molar refractivity (Wildman–Crippen MR) is 140 cm³/mol. The number of rotatable bonds is 7. The molecule has 0 aliphatic rings. The first-order chi connectivity index (χ1) is 16.4. The maximum atomic E-state index is 12.8. The second-order valence-corrected chi connectivity index (χ2v) is 9.49. The molecule has 0 aromatic heterocycles. The Morgan fingerprint density at radius 2 is 1.68 bits per heavy atom. The average molecular weight is 491 g/mol. The fraction of sp³-hybridized carbons (Fsp3) is 0.111. The van der Waals surface area contributed by atoms with Gasteiger partial charge >= 0.3 is 0 Å². The molecule has 172 valence electrons. The minimum absolute atomic E-state index is 0.184. The zero-order chi connectivity index (χ0) is 24.1. The van der Waals surface area contributed by atoms with Crippen molar-refractivity contribution in [2.75, 3.05) is 17.7 Å². The van der Waals surface area contributed by atoms with Gasteiger partial charge in [0.15, 0.2) is 0 Å². The molecule has 34 heavy (non-hydrogen) atoms. The molecule has 0 radical (unpaired) electrons. The molecular formula is C27H23ClN2O3S. The Kier molecular flexibility index (Phi) is 7.40. The van der Waals surface area contributed by atoms with Crippen molar-refractivity contribution >= 4 is 57.3 Å². The Bertz CT molecular complexity index is 1360. The summed E-state index contributed by atoms with van der Waals surface area (Å²) in [5, 5.41) is 8.01. The van der Waals surface area contributed by atoms with E-state index in [-0.39, 0.29) is 11.8 Å². The Morgan fingerprint density at radius 1 is 0.882 bits per heavy atom. The van der Waals surface area contributed by atoms with Crippen molar-refractivity contribution in [3.63, 3.8) is 0 Å². The average Bonchev–Trinajstić information content (AvgIpc) is 2.84. The summed E-state index contributed by atoms with van der Waals surface area (Å²) in [6, 6.07) is 26.0. The molecule has 0 aliphatic carbocycles. The zero-order valence-electron chi connectivity index (χ0n) is 18.7. The number of nitrogens with one attached hydrogen (secondary N) is 2. The molecule has 0 aliphatic heterocycles. The quantitative estimate of drug-likeness (QED) is 0.277. The number of methoxy groups -OCH3 is 1. The van der Waals surface area contributed by atoms with Crippen LogP contribution in [0.3, 0.4) is 0 Å². The van der Waals surface area contributed by atoms with E-state index in [0.717, 1.165) is 15.7 Å². The summed E-state index contributed by atoms with van der Waals surface area (Å²) < 4.78 is 5.29. The minimum Gasteiger partial charge on any atom is -0.495 e. The number of fused-ring (bicyclic) bond motifs is 1. The third-order valence-corrected chi connectivity index (χ3v) is 6.53. The highest BCUT2D eigenvalue weighted by Crippen LogP contribution is 2.30. The summed E-state index contributed by atoms with van der Waals surface area (Å²) in [6.45, 7) is 1.82. The van der Waals surface area contributed by atoms with Gasteiger partial charge in [-0.15, -0.1) is 11.8 Å². The smallest absolute Gasteiger partial charge is 0.255 e. The number of benzene rings is 4. The first-order valence-corrected chi connectivity index (χ1v) is 11.9. The number of anilines is 2. The second kappa shape index (κ2) is 10.6. The van der Waals surface area contributed by atoms with E-state index in [1.165, 1.54) is 18.9 Å². The number of hydrogen-bond acceptors (Lipinski definition) is 4. The van der Waals surface area contributed by atoms with Crippen LogP contribution >= 0.6 is 23.4 Å². The molecule has 4 rings (SSSR count). The SMILES string of the molecule is COc1ccc(Cl)cc1NC(=O)C(C)Sc1cccc(NC(=O)c2ccc3ccccc3c2)c1. The molecule has 1 atom stereocenters. The van der Waals surface area contributed by atoms with Crippen LogP contribution in [0.1, 0.15) is 17.3 Å². The van der Waals surface area contributed by atoms with Crippen molar-refractivity contribution < 1.29 is 14.3 Å². The zero-order valence-corrected chi connectivity index (χ0v) is 20.2. The first kappa shape index (κ1) is 23.7. The third-order valence-electron chi connectivity index (χ3n) is 5.21. The lowest BCUT2D eigenvalue weighted by atomic mass is 10.1. The Hall–Kier alpha value is -3.48. The lowest BCUT2D eigenvalue weighted by Crippen LogP contribution is -2.22. The van der Waals surface area contributed by atoms with Crippen LogP contribution in [-0.2, 0) is 4.79 Å². The van der Waals surface area contributed by atoms with Gasteiger partial charge in [0.05, 0.1) is 18.0 Å². The van der Waals surface area contributed by atoms with Gasteiger partial charge in [0, 0.05) is 21.2 Å². The van der Waals surface area contributed by atoms with Gasteiger partial charge in [0.25, 0.3) is 5.91 Å². The van der Waals surface area contributed by atoms with E-state index in [9.17, 15) is 9.59 Å². The molecule has 4 aromatic carbocycles. The normalized spacial score (nSPS) is 11.6. The molecule has 1 unspecified atom stereocenters. The maximum absolute atomic E-state index is 12.8. The van der Waals surface area contributed by atoms with Crippen LogP contribution in [0.25, 0.3) is 10.8 Å². The molecule has 2 N–H and O–H groups in total. The van der Waals surface area contributed by atoms with E-state index in [4.69, 9.17) is 16.3 Å². The molecule has 4 aromatic rings. The van der Waals surface area contributed by atoms with Crippen molar-refractivity contribution in [1.29, 1.82) is 0 Å². The van der Waals surface area contributed by atoms with Crippen molar-refractivity contribution in [2.45, 2.75) is 17.1 Å². The number of carbonyl (C=O) groups is 2. The van der Waals surface area contributed by atoms with Crippen molar-refractivity contribution in [2.24, 2.45) is 0 Å². The van der Waals surface area contributed by atoms with Crippen LogP contribution < -0.4 is 15.4 Å². The van der Waals surface area contributed by atoms with Crippen LogP contribution in [0.5, 0.6) is 5.75 Å². The Balaban J connectivity index is 1.42. The lowest BCUT2D eigenvalue weighted by Gasteiger charge is -2.15. The largest absolute Gasteiger partial charge is 0.495 e. The predicted octanol–water partition coefficient (Wildman–Crippen LogP) is 6.87. The van der Waals surface area contributed by atoms with Crippen LogP contribution in [-0.4, -0.2) is 24.2 Å². The van der Waals surface area contributed by atoms with Gasteiger partial charge in [-0.3, -0.25) is 9.59 Å². The number of ether oxygens (including phenoxy) is 1. The Morgan fingerprint density at radius 3 is 2.47 bits per heavy atom. The topological polar surface area (TPSA) is 67.4 Å². The summed E-state index contributed by atoms with van der Waals surface area (Å²) >= 11 is 7.44. The molecular weight excluding hydrogens is 468 g/mol. The molecule has 7 heteroatoms. The summed E-state index contributed by atoms with van der Waals surface area (Å²) in [4.78, 5) is 26.4. The number of carbonyl (C=O) groups excluding carboxylic acids is 2. The summed E-state index contributed by atoms with van der Waals surface area (Å²) in [6.07, 6.45) is 0. The fourth-order valence-electron chi connectivity index (χ4n) is 3.45. The standard InChI is InChI=1S/C27H23ClN2O3S/c1-17(26(31)30-24-15-21(28)12-13-25(24)33-2)34-23-9-5-8-22(16-23)29-27(32)20-11-10-18-6-3-4-7-19(18)14-20/h3-17H,1-2H3,(H,29,32)(H,30,31). The highest BCUT2D eigenvalue weighted by Gasteiger charge is 2.17. The summed E-state index contributed by atoms with van der Waals surface area (Å²) in [7, 11) is 1.54. The van der Waals surface area contributed by atoms with Crippen LogP contribution in [0.15, 0.2) is 89.8 Å². The highest BCUT2D eigenvalue weighted by atomic mass is 35.5. The van der Waals surface area contributed by atoms with Crippen LogP contribution in [0, 0.1) is 0 Å². The molecule has 0 saturated carbocycles. The monoisotopic (exact) mass is 490 g/mol.